The summed E-state index contributed by atoms with van der Waals surface area (Å²) in [7, 11) is 0. The first-order valence-corrected chi connectivity index (χ1v) is 6.08. The van der Waals surface area contributed by atoms with Crippen LogP contribution in [0, 0.1) is 0 Å². The fraction of sp³-hybridized carbons (Fsp3) is 0.538. The molecule has 1 saturated heterocycles. The Morgan fingerprint density at radius 3 is 2.94 bits per heavy atom. The maximum atomic E-state index is 9.41. The third-order valence-corrected chi connectivity index (χ3v) is 3.66. The van der Waals surface area contributed by atoms with Gasteiger partial charge in [-0.25, -0.2) is 0 Å². The molecule has 1 atom stereocenters. The molecule has 3 rings (SSSR count). The van der Waals surface area contributed by atoms with Crippen molar-refractivity contribution in [3.8, 4) is 5.75 Å². The van der Waals surface area contributed by atoms with Crippen molar-refractivity contribution in [2.75, 3.05) is 19.6 Å². The lowest BCUT2D eigenvalue weighted by Gasteiger charge is -2.36. The van der Waals surface area contributed by atoms with Crippen LogP contribution in [0.3, 0.4) is 0 Å². The summed E-state index contributed by atoms with van der Waals surface area (Å²) >= 11 is 0. The van der Waals surface area contributed by atoms with E-state index in [2.05, 4.69) is 16.3 Å². The number of nitrogens with zero attached hydrogens (tertiary/aromatic N) is 1. The van der Waals surface area contributed by atoms with Crippen LogP contribution in [0.25, 0.3) is 0 Å². The molecule has 0 radical (unpaired) electrons. The first-order chi connectivity index (χ1) is 7.81. The van der Waals surface area contributed by atoms with Crippen LogP contribution in [-0.4, -0.2) is 35.7 Å². The molecule has 0 amide bonds. The van der Waals surface area contributed by atoms with Crippen LogP contribution in [0.5, 0.6) is 5.75 Å². The quantitative estimate of drug-likeness (QED) is 0.780. The van der Waals surface area contributed by atoms with Gasteiger partial charge in [0.1, 0.15) is 5.75 Å². The van der Waals surface area contributed by atoms with Gasteiger partial charge in [-0.3, -0.25) is 0 Å². The second-order valence-corrected chi connectivity index (χ2v) is 4.89. The summed E-state index contributed by atoms with van der Waals surface area (Å²) in [5.41, 5.74) is 2.64. The average Bonchev–Trinajstić information content (AvgIpc) is 2.23. The number of fused-ring (bicyclic) bond motifs is 1. The van der Waals surface area contributed by atoms with Crippen molar-refractivity contribution in [1.82, 2.24) is 10.2 Å². The molecule has 2 N–H and O–H groups in total. The van der Waals surface area contributed by atoms with Crippen molar-refractivity contribution in [2.24, 2.45) is 0 Å². The highest BCUT2D eigenvalue weighted by atomic mass is 16.3. The van der Waals surface area contributed by atoms with Crippen LogP contribution in [0.1, 0.15) is 17.5 Å². The SMILES string of the molecule is Oc1ccc2c(c1)CNC(CN1CCC1)C2. The number of likely N-dealkylation sites (tertiary alicyclic amines) is 1. The van der Waals surface area contributed by atoms with Crippen molar-refractivity contribution in [1.29, 1.82) is 0 Å². The molecule has 1 fully saturated rings. The van der Waals surface area contributed by atoms with Crippen LogP contribution in [-0.2, 0) is 13.0 Å². The molecule has 1 unspecified atom stereocenters. The molecule has 3 heteroatoms. The first-order valence-electron chi connectivity index (χ1n) is 6.08. The molecule has 1 aromatic carbocycles. The van der Waals surface area contributed by atoms with E-state index >= 15 is 0 Å². The number of hydrogen-bond donors (Lipinski definition) is 2. The molecular formula is C13H18N2O. The fourth-order valence-electron chi connectivity index (χ4n) is 2.57. The summed E-state index contributed by atoms with van der Waals surface area (Å²) in [4.78, 5) is 2.50. The van der Waals surface area contributed by atoms with Crippen molar-refractivity contribution >= 4 is 0 Å². The Balaban J connectivity index is 1.68. The lowest BCUT2D eigenvalue weighted by atomic mass is 9.95. The van der Waals surface area contributed by atoms with E-state index in [1.165, 1.54) is 37.2 Å². The molecule has 86 valence electrons. The maximum Gasteiger partial charge on any atom is 0.115 e. The number of benzene rings is 1. The Morgan fingerprint density at radius 2 is 2.19 bits per heavy atom. The van der Waals surface area contributed by atoms with Gasteiger partial charge >= 0.3 is 0 Å². The average molecular weight is 218 g/mol. The molecule has 16 heavy (non-hydrogen) atoms. The van der Waals surface area contributed by atoms with E-state index in [9.17, 15) is 5.11 Å². The van der Waals surface area contributed by atoms with Crippen molar-refractivity contribution in [3.63, 3.8) is 0 Å². The Labute approximate surface area is 96.1 Å². The highest BCUT2D eigenvalue weighted by Gasteiger charge is 2.22. The van der Waals surface area contributed by atoms with Gasteiger partial charge < -0.3 is 15.3 Å². The van der Waals surface area contributed by atoms with Gasteiger partial charge in [-0.1, -0.05) is 6.07 Å². The Hall–Kier alpha value is -1.06. The largest absolute Gasteiger partial charge is 0.508 e. The van der Waals surface area contributed by atoms with Crippen LogP contribution in [0.4, 0.5) is 0 Å². The van der Waals surface area contributed by atoms with Gasteiger partial charge in [0, 0.05) is 19.1 Å². The van der Waals surface area contributed by atoms with E-state index in [0.29, 0.717) is 11.8 Å². The van der Waals surface area contributed by atoms with Gasteiger partial charge in [-0.2, -0.15) is 0 Å². The van der Waals surface area contributed by atoms with E-state index in [1.54, 1.807) is 6.07 Å². The maximum absolute atomic E-state index is 9.41. The highest BCUT2D eigenvalue weighted by Crippen LogP contribution is 2.22. The zero-order chi connectivity index (χ0) is 11.0. The minimum Gasteiger partial charge on any atom is -0.508 e. The van der Waals surface area contributed by atoms with Gasteiger partial charge in [0.25, 0.3) is 0 Å². The molecule has 0 saturated carbocycles. The number of hydrogen-bond acceptors (Lipinski definition) is 3. The van der Waals surface area contributed by atoms with Gasteiger partial charge in [-0.05, 0) is 49.2 Å². The van der Waals surface area contributed by atoms with Crippen molar-refractivity contribution < 1.29 is 5.11 Å². The second-order valence-electron chi connectivity index (χ2n) is 4.89. The van der Waals surface area contributed by atoms with E-state index in [0.717, 1.165) is 13.0 Å². The van der Waals surface area contributed by atoms with Gasteiger partial charge in [-0.15, -0.1) is 0 Å². The first kappa shape index (κ1) is 10.1. The topological polar surface area (TPSA) is 35.5 Å². The predicted octanol–water partition coefficient (Wildman–Crippen LogP) is 1.11. The summed E-state index contributed by atoms with van der Waals surface area (Å²) in [6.07, 6.45) is 2.45. The molecule has 3 nitrogen and oxygen atoms in total. The summed E-state index contributed by atoms with van der Waals surface area (Å²) in [6.45, 7) is 4.59. The number of aromatic hydroxyl groups is 1. The Kier molecular flexibility index (Phi) is 2.58. The Bertz CT molecular complexity index is 388. The van der Waals surface area contributed by atoms with Gasteiger partial charge in [0.05, 0.1) is 0 Å². The number of phenolic OH excluding ortho intramolecular Hbond substituents is 1. The van der Waals surface area contributed by atoms with E-state index < -0.39 is 0 Å². The number of phenols is 1. The molecule has 2 aliphatic heterocycles. The number of nitrogens with one attached hydrogen (secondary N) is 1. The zero-order valence-electron chi connectivity index (χ0n) is 9.45. The van der Waals surface area contributed by atoms with E-state index in [-0.39, 0.29) is 0 Å². The molecule has 0 spiro atoms. The summed E-state index contributed by atoms with van der Waals surface area (Å²) in [6, 6.07) is 6.32. The standard InChI is InChI=1S/C13H18N2O/c16-13-3-2-10-6-12(9-15-4-1-5-15)14-8-11(10)7-13/h2-3,7,12,14,16H,1,4-6,8-9H2. The lowest BCUT2D eigenvalue weighted by Crippen LogP contribution is -2.49. The third-order valence-electron chi connectivity index (χ3n) is 3.66. The van der Waals surface area contributed by atoms with E-state index in [1.807, 2.05) is 6.07 Å². The summed E-state index contributed by atoms with van der Waals surface area (Å²) in [5.74, 6) is 0.377. The van der Waals surface area contributed by atoms with Crippen molar-refractivity contribution in [2.45, 2.75) is 25.4 Å². The second kappa shape index (κ2) is 4.07. The van der Waals surface area contributed by atoms with Gasteiger partial charge in [0.2, 0.25) is 0 Å². The predicted molar refractivity (Wildman–Crippen MR) is 63.5 cm³/mol. The van der Waals surface area contributed by atoms with Gasteiger partial charge in [0.15, 0.2) is 0 Å². The zero-order valence-corrected chi connectivity index (χ0v) is 9.45. The minimum absolute atomic E-state index is 0.377. The molecule has 2 heterocycles. The highest BCUT2D eigenvalue weighted by molar-refractivity contribution is 5.36. The minimum atomic E-state index is 0.377. The van der Waals surface area contributed by atoms with Crippen LogP contribution < -0.4 is 5.32 Å². The molecule has 0 aromatic heterocycles. The molecule has 0 aliphatic carbocycles. The molecular weight excluding hydrogens is 200 g/mol. The monoisotopic (exact) mass is 218 g/mol. The lowest BCUT2D eigenvalue weighted by molar-refractivity contribution is 0.158. The fourth-order valence-corrected chi connectivity index (χ4v) is 2.57. The summed E-state index contributed by atoms with van der Waals surface area (Å²) in [5, 5.41) is 13.0. The third kappa shape index (κ3) is 1.93. The smallest absolute Gasteiger partial charge is 0.115 e. The van der Waals surface area contributed by atoms with Crippen LogP contribution >= 0.6 is 0 Å². The Morgan fingerprint density at radius 1 is 1.31 bits per heavy atom. The molecule has 0 bridgehead atoms. The van der Waals surface area contributed by atoms with E-state index in [4.69, 9.17) is 0 Å². The molecule has 2 aliphatic rings. The number of rotatable bonds is 2. The summed E-state index contributed by atoms with van der Waals surface area (Å²) < 4.78 is 0. The van der Waals surface area contributed by atoms with Crippen LogP contribution in [0.15, 0.2) is 18.2 Å². The normalized spacial score (nSPS) is 24.9. The van der Waals surface area contributed by atoms with Crippen molar-refractivity contribution in [3.05, 3.63) is 29.3 Å². The van der Waals surface area contributed by atoms with Crippen LogP contribution in [0.2, 0.25) is 0 Å². The molecule has 1 aromatic rings.